The number of hydrogen-bond donors (Lipinski definition) is 1. The smallest absolute Gasteiger partial charge is 0.128 e. The number of rotatable bonds is 9. The molecule has 1 aromatic heterocycles. The molecular formula is C14H26N4O. The van der Waals surface area contributed by atoms with Crippen molar-refractivity contribution >= 4 is 5.82 Å². The second kappa shape index (κ2) is 8.85. The van der Waals surface area contributed by atoms with Crippen LogP contribution in [-0.4, -0.2) is 64.4 Å². The molecule has 5 heteroatoms. The van der Waals surface area contributed by atoms with Gasteiger partial charge in [-0.15, -0.1) is 0 Å². The van der Waals surface area contributed by atoms with Crippen LogP contribution >= 0.6 is 0 Å². The topological polar surface area (TPSA) is 40.6 Å². The molecule has 5 nitrogen and oxygen atoms in total. The van der Waals surface area contributed by atoms with Crippen molar-refractivity contribution in [1.82, 2.24) is 15.2 Å². The number of anilines is 1. The van der Waals surface area contributed by atoms with Crippen LogP contribution in [0.15, 0.2) is 18.3 Å². The van der Waals surface area contributed by atoms with Gasteiger partial charge in [-0.25, -0.2) is 4.98 Å². The highest BCUT2D eigenvalue weighted by Crippen LogP contribution is 2.10. The molecule has 1 rings (SSSR count). The number of ether oxygens (including phenoxy) is 1. The maximum absolute atomic E-state index is 5.07. The van der Waals surface area contributed by atoms with Gasteiger partial charge in [0.15, 0.2) is 0 Å². The summed E-state index contributed by atoms with van der Waals surface area (Å²) in [6.07, 6.45) is 1.95. The molecular weight excluding hydrogens is 240 g/mol. The zero-order valence-corrected chi connectivity index (χ0v) is 12.5. The fraction of sp³-hybridized carbons (Fsp3) is 0.643. The monoisotopic (exact) mass is 266 g/mol. The molecule has 19 heavy (non-hydrogen) atoms. The Hall–Kier alpha value is -1.17. The molecule has 0 spiro atoms. The van der Waals surface area contributed by atoms with Gasteiger partial charge in [0.1, 0.15) is 5.82 Å². The van der Waals surface area contributed by atoms with Gasteiger partial charge in [0.05, 0.1) is 6.61 Å². The van der Waals surface area contributed by atoms with Gasteiger partial charge in [-0.1, -0.05) is 6.07 Å². The van der Waals surface area contributed by atoms with Crippen molar-refractivity contribution in [2.75, 3.05) is 59.4 Å². The molecule has 0 aromatic carbocycles. The molecule has 0 unspecified atom stereocenters. The molecule has 0 saturated heterocycles. The zero-order chi connectivity index (χ0) is 14.1. The first-order chi connectivity index (χ1) is 9.17. The standard InChI is InChI=1S/C14H26N4O/c1-15-7-8-17(2)12-13-5-6-14(16-11-13)18(3)9-10-19-4/h5-6,11,15H,7-10,12H2,1-4H3. The second-order valence-corrected chi connectivity index (χ2v) is 4.78. The molecule has 0 saturated carbocycles. The minimum Gasteiger partial charge on any atom is -0.383 e. The van der Waals surface area contributed by atoms with E-state index in [0.717, 1.165) is 32.0 Å². The Morgan fingerprint density at radius 1 is 1.26 bits per heavy atom. The summed E-state index contributed by atoms with van der Waals surface area (Å²) in [5.74, 6) is 0.985. The molecule has 0 atom stereocenters. The van der Waals surface area contributed by atoms with E-state index < -0.39 is 0 Å². The van der Waals surface area contributed by atoms with Crippen LogP contribution in [0.5, 0.6) is 0 Å². The van der Waals surface area contributed by atoms with E-state index in [1.54, 1.807) is 7.11 Å². The molecule has 0 aliphatic heterocycles. The molecule has 0 radical (unpaired) electrons. The van der Waals surface area contributed by atoms with E-state index in [2.05, 4.69) is 39.3 Å². The van der Waals surface area contributed by atoms with Crippen LogP contribution in [0, 0.1) is 0 Å². The Labute approximate surface area is 116 Å². The average Bonchev–Trinajstić information content (AvgIpc) is 2.43. The normalized spacial score (nSPS) is 11.0. The van der Waals surface area contributed by atoms with Crippen molar-refractivity contribution in [1.29, 1.82) is 0 Å². The highest BCUT2D eigenvalue weighted by molar-refractivity contribution is 5.38. The zero-order valence-electron chi connectivity index (χ0n) is 12.5. The van der Waals surface area contributed by atoms with E-state index in [9.17, 15) is 0 Å². The van der Waals surface area contributed by atoms with E-state index in [1.165, 1.54) is 5.56 Å². The Balaban J connectivity index is 2.46. The van der Waals surface area contributed by atoms with Gasteiger partial charge >= 0.3 is 0 Å². The predicted octanol–water partition coefficient (Wildman–Crippen LogP) is 0.815. The summed E-state index contributed by atoms with van der Waals surface area (Å²) in [4.78, 5) is 8.87. The van der Waals surface area contributed by atoms with E-state index in [0.29, 0.717) is 6.61 Å². The Morgan fingerprint density at radius 3 is 2.63 bits per heavy atom. The lowest BCUT2D eigenvalue weighted by Crippen LogP contribution is -2.27. The van der Waals surface area contributed by atoms with Gasteiger partial charge in [-0.05, 0) is 25.7 Å². The third-order valence-corrected chi connectivity index (χ3v) is 3.03. The molecule has 1 heterocycles. The lowest BCUT2D eigenvalue weighted by Gasteiger charge is -2.19. The van der Waals surface area contributed by atoms with Crippen molar-refractivity contribution in [3.8, 4) is 0 Å². The average molecular weight is 266 g/mol. The number of aromatic nitrogens is 1. The van der Waals surface area contributed by atoms with E-state index >= 15 is 0 Å². The van der Waals surface area contributed by atoms with Crippen LogP contribution in [0.2, 0.25) is 0 Å². The van der Waals surface area contributed by atoms with E-state index in [-0.39, 0.29) is 0 Å². The molecule has 0 fully saturated rings. The van der Waals surface area contributed by atoms with E-state index in [4.69, 9.17) is 4.74 Å². The summed E-state index contributed by atoms with van der Waals surface area (Å²) in [5.41, 5.74) is 1.24. The van der Waals surface area contributed by atoms with Gasteiger partial charge in [-0.2, -0.15) is 0 Å². The van der Waals surface area contributed by atoms with Crippen molar-refractivity contribution < 1.29 is 4.74 Å². The molecule has 0 aliphatic carbocycles. The minimum atomic E-state index is 0.715. The van der Waals surface area contributed by atoms with Gasteiger partial charge in [0, 0.05) is 46.5 Å². The summed E-state index contributed by atoms with van der Waals surface area (Å²) in [7, 11) is 7.83. The number of nitrogens with zero attached hydrogens (tertiary/aromatic N) is 3. The largest absolute Gasteiger partial charge is 0.383 e. The van der Waals surface area contributed by atoms with Crippen LogP contribution in [0.1, 0.15) is 5.56 Å². The maximum atomic E-state index is 5.07. The van der Waals surface area contributed by atoms with Crippen molar-refractivity contribution in [3.63, 3.8) is 0 Å². The fourth-order valence-electron chi connectivity index (χ4n) is 1.77. The van der Waals surface area contributed by atoms with Crippen LogP contribution in [-0.2, 0) is 11.3 Å². The Bertz CT molecular complexity index is 342. The van der Waals surface area contributed by atoms with Crippen LogP contribution < -0.4 is 10.2 Å². The fourth-order valence-corrected chi connectivity index (χ4v) is 1.77. The Kier molecular flexibility index (Phi) is 7.40. The SMILES string of the molecule is CNCCN(C)Cc1ccc(N(C)CCOC)nc1. The number of hydrogen-bond acceptors (Lipinski definition) is 5. The maximum Gasteiger partial charge on any atom is 0.128 e. The van der Waals surface area contributed by atoms with Crippen molar-refractivity contribution in [2.45, 2.75) is 6.54 Å². The Morgan fingerprint density at radius 2 is 2.05 bits per heavy atom. The molecule has 0 amide bonds. The third kappa shape index (κ3) is 6.00. The van der Waals surface area contributed by atoms with Gasteiger partial charge in [-0.3, -0.25) is 0 Å². The van der Waals surface area contributed by atoms with Gasteiger partial charge in [0.25, 0.3) is 0 Å². The van der Waals surface area contributed by atoms with Crippen molar-refractivity contribution in [2.24, 2.45) is 0 Å². The lowest BCUT2D eigenvalue weighted by molar-refractivity contribution is 0.206. The van der Waals surface area contributed by atoms with Crippen LogP contribution in [0.4, 0.5) is 5.82 Å². The number of pyridine rings is 1. The highest BCUT2D eigenvalue weighted by atomic mass is 16.5. The summed E-state index contributed by atoms with van der Waals surface area (Å²) in [6, 6.07) is 4.21. The molecule has 0 aliphatic rings. The molecule has 1 N–H and O–H groups in total. The first-order valence-corrected chi connectivity index (χ1v) is 6.65. The van der Waals surface area contributed by atoms with Crippen LogP contribution in [0.3, 0.4) is 0 Å². The minimum absolute atomic E-state index is 0.715. The molecule has 108 valence electrons. The first-order valence-electron chi connectivity index (χ1n) is 6.65. The summed E-state index contributed by atoms with van der Waals surface area (Å²) in [6.45, 7) is 4.53. The summed E-state index contributed by atoms with van der Waals surface area (Å²) >= 11 is 0. The number of likely N-dealkylation sites (N-methyl/N-ethyl adjacent to an activating group) is 3. The summed E-state index contributed by atoms with van der Waals surface area (Å²) < 4.78 is 5.07. The third-order valence-electron chi connectivity index (χ3n) is 3.03. The van der Waals surface area contributed by atoms with E-state index in [1.807, 2.05) is 20.3 Å². The quantitative estimate of drug-likeness (QED) is 0.716. The van der Waals surface area contributed by atoms with Gasteiger partial charge < -0.3 is 19.9 Å². The number of nitrogens with one attached hydrogen (secondary N) is 1. The predicted molar refractivity (Wildman–Crippen MR) is 79.6 cm³/mol. The summed E-state index contributed by atoms with van der Waals surface area (Å²) in [5, 5.41) is 3.15. The van der Waals surface area contributed by atoms with Gasteiger partial charge in [0.2, 0.25) is 0 Å². The highest BCUT2D eigenvalue weighted by Gasteiger charge is 2.04. The first kappa shape index (κ1) is 15.9. The molecule has 1 aromatic rings. The van der Waals surface area contributed by atoms with Crippen LogP contribution in [0.25, 0.3) is 0 Å². The van der Waals surface area contributed by atoms with Crippen molar-refractivity contribution in [3.05, 3.63) is 23.9 Å². The molecule has 0 bridgehead atoms. The number of methoxy groups -OCH3 is 1. The second-order valence-electron chi connectivity index (χ2n) is 4.78. The lowest BCUT2D eigenvalue weighted by atomic mass is 10.2.